The number of fused-ring (bicyclic) bond motifs is 1. The molecule has 148 valence electrons. The highest BCUT2D eigenvalue weighted by Gasteiger charge is 2.30. The lowest BCUT2D eigenvalue weighted by Crippen LogP contribution is -2.36. The van der Waals surface area contributed by atoms with Crippen molar-refractivity contribution in [3.63, 3.8) is 0 Å². The summed E-state index contributed by atoms with van der Waals surface area (Å²) < 4.78 is 40.2. The summed E-state index contributed by atoms with van der Waals surface area (Å²) in [4.78, 5) is 21.0. The maximum absolute atomic E-state index is 13.0. The van der Waals surface area contributed by atoms with Crippen LogP contribution in [0.2, 0.25) is 0 Å². The van der Waals surface area contributed by atoms with E-state index in [2.05, 4.69) is 20.9 Å². The van der Waals surface area contributed by atoms with Gasteiger partial charge in [-0.05, 0) is 56.6 Å². The number of hydrogen-bond acceptors (Lipinski definition) is 4. The molecule has 4 nitrogen and oxygen atoms in total. The van der Waals surface area contributed by atoms with Crippen molar-refractivity contribution in [1.29, 1.82) is 0 Å². The molecule has 3 rings (SSSR count). The third-order valence-corrected chi connectivity index (χ3v) is 5.58. The van der Waals surface area contributed by atoms with E-state index in [0.29, 0.717) is 18.2 Å². The second kappa shape index (κ2) is 8.18. The van der Waals surface area contributed by atoms with Crippen LogP contribution in [0, 0.1) is 0 Å². The number of anilines is 1. The Morgan fingerprint density at radius 1 is 1.11 bits per heavy atom. The van der Waals surface area contributed by atoms with Gasteiger partial charge < -0.3 is 4.90 Å². The zero-order valence-corrected chi connectivity index (χ0v) is 17.5. The van der Waals surface area contributed by atoms with E-state index in [9.17, 15) is 18.0 Å². The molecule has 0 fully saturated rings. The van der Waals surface area contributed by atoms with Crippen molar-refractivity contribution in [1.82, 2.24) is 9.88 Å². The molecule has 0 spiro atoms. The standard InChI is InChI=1S/C19H17BrF3N3OS/c1-25(2)9-10-26(18-24-15-8-7-14(20)11-16(15)28-18)17(27)12-3-5-13(6-4-12)19(21,22)23/h3-8,11H,9-10H2,1-2H3. The summed E-state index contributed by atoms with van der Waals surface area (Å²) in [5, 5.41) is 0.514. The molecular formula is C19H17BrF3N3OS. The molecule has 1 heterocycles. The zero-order valence-electron chi connectivity index (χ0n) is 15.1. The van der Waals surface area contributed by atoms with Crippen molar-refractivity contribution in [2.24, 2.45) is 0 Å². The van der Waals surface area contributed by atoms with E-state index in [0.717, 1.165) is 26.8 Å². The molecule has 0 radical (unpaired) electrons. The Labute approximate surface area is 172 Å². The monoisotopic (exact) mass is 471 g/mol. The van der Waals surface area contributed by atoms with Gasteiger partial charge in [0.2, 0.25) is 0 Å². The van der Waals surface area contributed by atoms with Gasteiger partial charge in [-0.25, -0.2) is 4.98 Å². The Morgan fingerprint density at radius 2 is 1.79 bits per heavy atom. The Balaban J connectivity index is 1.95. The normalized spacial score (nSPS) is 12.0. The Morgan fingerprint density at radius 3 is 2.39 bits per heavy atom. The topological polar surface area (TPSA) is 36.4 Å². The van der Waals surface area contributed by atoms with Crippen molar-refractivity contribution in [2.45, 2.75) is 6.18 Å². The fraction of sp³-hybridized carbons (Fsp3) is 0.263. The summed E-state index contributed by atoms with van der Waals surface area (Å²) in [6, 6.07) is 9.90. The lowest BCUT2D eigenvalue weighted by Gasteiger charge is -2.22. The number of thiazole rings is 1. The van der Waals surface area contributed by atoms with Crippen LogP contribution in [0.25, 0.3) is 10.2 Å². The fourth-order valence-corrected chi connectivity index (χ4v) is 4.09. The fourth-order valence-electron chi connectivity index (χ4n) is 2.54. The van der Waals surface area contributed by atoms with Crippen LogP contribution in [0.1, 0.15) is 15.9 Å². The van der Waals surface area contributed by atoms with Crippen LogP contribution >= 0.6 is 27.3 Å². The van der Waals surface area contributed by atoms with E-state index < -0.39 is 11.7 Å². The van der Waals surface area contributed by atoms with Gasteiger partial charge in [-0.15, -0.1) is 0 Å². The van der Waals surface area contributed by atoms with Crippen LogP contribution in [0.3, 0.4) is 0 Å². The van der Waals surface area contributed by atoms with Gasteiger partial charge in [-0.2, -0.15) is 13.2 Å². The smallest absolute Gasteiger partial charge is 0.308 e. The number of amides is 1. The third-order valence-electron chi connectivity index (χ3n) is 4.05. The number of rotatable bonds is 5. The minimum atomic E-state index is -4.44. The van der Waals surface area contributed by atoms with Crippen molar-refractivity contribution in [3.05, 3.63) is 58.1 Å². The number of carbonyl (C=O) groups is 1. The first kappa shape index (κ1) is 20.8. The van der Waals surface area contributed by atoms with Crippen LogP contribution in [-0.2, 0) is 6.18 Å². The average Bonchev–Trinajstić information content (AvgIpc) is 3.03. The maximum Gasteiger partial charge on any atom is 0.416 e. The lowest BCUT2D eigenvalue weighted by molar-refractivity contribution is -0.137. The number of aromatic nitrogens is 1. The summed E-state index contributed by atoms with van der Waals surface area (Å²) in [6.45, 7) is 0.958. The number of halogens is 4. The zero-order chi connectivity index (χ0) is 20.5. The second-order valence-corrected chi connectivity index (χ2v) is 8.37. The molecule has 2 aromatic carbocycles. The average molecular weight is 472 g/mol. The first-order valence-corrected chi connectivity index (χ1v) is 9.96. The van der Waals surface area contributed by atoms with Gasteiger partial charge in [0.25, 0.3) is 5.91 Å². The number of benzene rings is 2. The molecule has 0 N–H and O–H groups in total. The number of nitrogens with zero attached hydrogens (tertiary/aromatic N) is 3. The molecule has 0 aliphatic heterocycles. The SMILES string of the molecule is CN(C)CCN(C(=O)c1ccc(C(F)(F)F)cc1)c1nc2ccc(Br)cc2s1. The minimum Gasteiger partial charge on any atom is -0.308 e. The molecule has 0 aliphatic carbocycles. The van der Waals surface area contributed by atoms with E-state index in [1.165, 1.54) is 28.4 Å². The van der Waals surface area contributed by atoms with Crippen molar-refractivity contribution >= 4 is 48.5 Å². The number of hydrogen-bond donors (Lipinski definition) is 0. The lowest BCUT2D eigenvalue weighted by atomic mass is 10.1. The summed E-state index contributed by atoms with van der Waals surface area (Å²) in [5.74, 6) is -0.381. The molecule has 0 bridgehead atoms. The van der Waals surface area contributed by atoms with E-state index in [4.69, 9.17) is 0 Å². The molecule has 0 saturated carbocycles. The van der Waals surface area contributed by atoms with E-state index in [1.807, 2.05) is 37.2 Å². The molecule has 0 aliphatic rings. The van der Waals surface area contributed by atoms with Gasteiger partial charge >= 0.3 is 6.18 Å². The van der Waals surface area contributed by atoms with Gasteiger partial charge in [0.1, 0.15) is 0 Å². The van der Waals surface area contributed by atoms with E-state index in [-0.39, 0.29) is 11.5 Å². The molecule has 3 aromatic rings. The Kier molecular flexibility index (Phi) is 6.07. The first-order valence-electron chi connectivity index (χ1n) is 8.35. The molecule has 28 heavy (non-hydrogen) atoms. The molecule has 1 amide bonds. The second-order valence-electron chi connectivity index (χ2n) is 6.44. The van der Waals surface area contributed by atoms with Crippen molar-refractivity contribution in [3.8, 4) is 0 Å². The minimum absolute atomic E-state index is 0.187. The summed E-state index contributed by atoms with van der Waals surface area (Å²) >= 11 is 4.78. The quantitative estimate of drug-likeness (QED) is 0.507. The number of likely N-dealkylation sites (N-methyl/N-ethyl adjacent to an activating group) is 1. The van der Waals surface area contributed by atoms with Gasteiger partial charge in [-0.1, -0.05) is 27.3 Å². The highest BCUT2D eigenvalue weighted by molar-refractivity contribution is 9.10. The third kappa shape index (κ3) is 4.71. The predicted octanol–water partition coefficient (Wildman–Crippen LogP) is 5.29. The van der Waals surface area contributed by atoms with E-state index in [1.54, 1.807) is 0 Å². The largest absolute Gasteiger partial charge is 0.416 e. The molecule has 0 saturated heterocycles. The van der Waals surface area contributed by atoms with Crippen molar-refractivity contribution < 1.29 is 18.0 Å². The maximum atomic E-state index is 13.0. The van der Waals surface area contributed by atoms with Gasteiger partial charge in [0.15, 0.2) is 5.13 Å². The van der Waals surface area contributed by atoms with Crippen LogP contribution in [0.4, 0.5) is 18.3 Å². The van der Waals surface area contributed by atoms with Crippen LogP contribution < -0.4 is 4.90 Å². The van der Waals surface area contributed by atoms with Gasteiger partial charge in [-0.3, -0.25) is 9.69 Å². The Hall–Kier alpha value is -1.97. The summed E-state index contributed by atoms with van der Waals surface area (Å²) in [7, 11) is 3.77. The van der Waals surface area contributed by atoms with Gasteiger partial charge in [0, 0.05) is 23.1 Å². The molecule has 0 atom stereocenters. The number of alkyl halides is 3. The summed E-state index contributed by atoms with van der Waals surface area (Å²) in [5.41, 5.74) is 0.166. The van der Waals surface area contributed by atoms with Crippen LogP contribution in [0.5, 0.6) is 0 Å². The number of carbonyl (C=O) groups excluding carboxylic acids is 1. The molecule has 0 unspecified atom stereocenters. The summed E-state index contributed by atoms with van der Waals surface area (Å²) in [6.07, 6.45) is -4.44. The van der Waals surface area contributed by atoms with Crippen LogP contribution in [-0.4, -0.2) is 43.0 Å². The van der Waals surface area contributed by atoms with Crippen molar-refractivity contribution in [2.75, 3.05) is 32.1 Å². The Bertz CT molecular complexity index is 986. The van der Waals surface area contributed by atoms with Crippen LogP contribution in [0.15, 0.2) is 46.9 Å². The van der Waals surface area contributed by atoms with Gasteiger partial charge in [0.05, 0.1) is 15.8 Å². The highest BCUT2D eigenvalue weighted by Crippen LogP contribution is 2.32. The molecule has 1 aromatic heterocycles. The molecule has 9 heteroatoms. The first-order chi connectivity index (χ1) is 13.1. The van der Waals surface area contributed by atoms with E-state index >= 15 is 0 Å². The highest BCUT2D eigenvalue weighted by atomic mass is 79.9. The predicted molar refractivity (Wildman–Crippen MR) is 109 cm³/mol. The molecular weight excluding hydrogens is 455 g/mol.